The summed E-state index contributed by atoms with van der Waals surface area (Å²) in [6, 6.07) is 3.85. The van der Waals surface area contributed by atoms with Crippen molar-refractivity contribution in [2.75, 3.05) is 27.4 Å². The van der Waals surface area contributed by atoms with E-state index in [-0.39, 0.29) is 27.7 Å². The maximum atomic E-state index is 12.0. The van der Waals surface area contributed by atoms with E-state index >= 15 is 0 Å². The molecule has 1 N–H and O–H groups in total. The number of non-ortho nitro benzene ring substituents is 1. The summed E-state index contributed by atoms with van der Waals surface area (Å²) in [5, 5.41) is 13.4. The molecule has 1 atom stereocenters. The molecule has 0 bridgehead atoms. The average molecular weight is 347 g/mol. The van der Waals surface area contributed by atoms with Crippen molar-refractivity contribution in [1.29, 1.82) is 0 Å². The van der Waals surface area contributed by atoms with Gasteiger partial charge in [-0.2, -0.15) is 0 Å². The van der Waals surface area contributed by atoms with Crippen LogP contribution in [0.1, 0.15) is 10.4 Å². The third-order valence-electron chi connectivity index (χ3n) is 2.47. The number of nitrogens with one attached hydrogen (secondary N) is 1. The maximum Gasteiger partial charge on any atom is 0.273 e. The van der Waals surface area contributed by atoms with Crippen LogP contribution >= 0.6 is 15.9 Å². The number of alkyl halides is 1. The van der Waals surface area contributed by atoms with E-state index in [2.05, 4.69) is 21.2 Å². The van der Waals surface area contributed by atoms with Crippen molar-refractivity contribution in [3.05, 3.63) is 33.9 Å². The molecule has 0 heterocycles. The van der Waals surface area contributed by atoms with Crippen molar-refractivity contribution >= 4 is 27.5 Å². The van der Waals surface area contributed by atoms with Crippen LogP contribution in [0, 0.1) is 10.1 Å². The van der Waals surface area contributed by atoms with E-state index in [9.17, 15) is 14.9 Å². The quantitative estimate of drug-likeness (QED) is 0.461. The highest BCUT2D eigenvalue weighted by Crippen LogP contribution is 2.24. The standard InChI is InChI=1S/C12H15BrN2O5/c1-19-7-8(13)6-14-12(16)10-4-3-9(15(17)18)5-11(10)20-2/h3-5,8H,6-7H2,1-2H3,(H,14,16). The summed E-state index contributed by atoms with van der Waals surface area (Å²) < 4.78 is 9.94. The highest BCUT2D eigenvalue weighted by Gasteiger charge is 2.17. The topological polar surface area (TPSA) is 90.7 Å². The van der Waals surface area contributed by atoms with Gasteiger partial charge < -0.3 is 14.8 Å². The summed E-state index contributed by atoms with van der Waals surface area (Å²) in [6.45, 7) is 0.824. The number of ether oxygens (including phenoxy) is 2. The molecule has 20 heavy (non-hydrogen) atoms. The van der Waals surface area contributed by atoms with Crippen LogP contribution in [-0.2, 0) is 4.74 Å². The smallest absolute Gasteiger partial charge is 0.273 e. The Bertz CT molecular complexity index is 495. The molecule has 0 aliphatic carbocycles. The van der Waals surface area contributed by atoms with Crippen LogP contribution in [0.3, 0.4) is 0 Å². The molecule has 1 rings (SSSR count). The number of rotatable bonds is 7. The van der Waals surface area contributed by atoms with E-state index in [0.717, 1.165) is 0 Å². The van der Waals surface area contributed by atoms with Gasteiger partial charge in [0.25, 0.3) is 11.6 Å². The Morgan fingerprint density at radius 1 is 1.50 bits per heavy atom. The maximum absolute atomic E-state index is 12.0. The van der Waals surface area contributed by atoms with Crippen molar-refractivity contribution in [3.63, 3.8) is 0 Å². The molecule has 1 aromatic rings. The first-order valence-corrected chi connectivity index (χ1v) is 6.64. The minimum atomic E-state index is -0.544. The molecule has 0 fully saturated rings. The van der Waals surface area contributed by atoms with Gasteiger partial charge in [0.15, 0.2) is 0 Å². The first-order chi connectivity index (χ1) is 9.49. The van der Waals surface area contributed by atoms with E-state index in [0.29, 0.717) is 13.2 Å². The lowest BCUT2D eigenvalue weighted by atomic mass is 10.1. The number of hydrogen-bond donors (Lipinski definition) is 1. The van der Waals surface area contributed by atoms with E-state index in [4.69, 9.17) is 9.47 Å². The Balaban J connectivity index is 2.79. The minimum Gasteiger partial charge on any atom is -0.496 e. The molecule has 8 heteroatoms. The first kappa shape index (κ1) is 16.4. The summed E-state index contributed by atoms with van der Waals surface area (Å²) >= 11 is 3.35. The van der Waals surface area contributed by atoms with E-state index in [1.807, 2.05) is 0 Å². The lowest BCUT2D eigenvalue weighted by Crippen LogP contribution is -2.31. The number of nitro groups is 1. The van der Waals surface area contributed by atoms with E-state index in [1.54, 1.807) is 7.11 Å². The molecule has 0 saturated carbocycles. The lowest BCUT2D eigenvalue weighted by Gasteiger charge is -2.12. The number of hydrogen-bond acceptors (Lipinski definition) is 5. The zero-order valence-electron chi connectivity index (χ0n) is 11.1. The molecule has 0 aliphatic rings. The third kappa shape index (κ3) is 4.46. The zero-order valence-corrected chi connectivity index (χ0v) is 12.7. The fourth-order valence-corrected chi connectivity index (χ4v) is 1.95. The SMILES string of the molecule is COCC(Br)CNC(=O)c1ccc([N+](=O)[O-])cc1OC. The van der Waals surface area contributed by atoms with Crippen LogP contribution in [0.5, 0.6) is 5.75 Å². The monoisotopic (exact) mass is 346 g/mol. The van der Waals surface area contributed by atoms with Gasteiger partial charge in [0.1, 0.15) is 5.75 Å². The van der Waals surface area contributed by atoms with Gasteiger partial charge in [-0.15, -0.1) is 0 Å². The summed E-state index contributed by atoms with van der Waals surface area (Å²) in [6.07, 6.45) is 0. The summed E-state index contributed by atoms with van der Waals surface area (Å²) in [5.41, 5.74) is 0.117. The van der Waals surface area contributed by atoms with Gasteiger partial charge >= 0.3 is 0 Å². The predicted octanol–water partition coefficient (Wildman–Crippen LogP) is 1.74. The van der Waals surface area contributed by atoms with E-state index in [1.165, 1.54) is 25.3 Å². The highest BCUT2D eigenvalue weighted by molar-refractivity contribution is 9.09. The highest BCUT2D eigenvalue weighted by atomic mass is 79.9. The number of amides is 1. The first-order valence-electron chi connectivity index (χ1n) is 5.73. The minimum absolute atomic E-state index is 0.0134. The number of carbonyl (C=O) groups excluding carboxylic acids is 1. The number of halogens is 1. The molecule has 1 unspecified atom stereocenters. The molecule has 1 amide bonds. The fourth-order valence-electron chi connectivity index (χ4n) is 1.52. The van der Waals surface area contributed by atoms with Gasteiger partial charge in [0.05, 0.1) is 35.1 Å². The molecular weight excluding hydrogens is 332 g/mol. The summed E-state index contributed by atoms with van der Waals surface area (Å²) in [5.74, 6) is -0.202. The Labute approximate surface area is 124 Å². The van der Waals surface area contributed by atoms with Gasteiger partial charge in [0.2, 0.25) is 0 Å². The van der Waals surface area contributed by atoms with Gasteiger partial charge in [-0.3, -0.25) is 14.9 Å². The second-order valence-electron chi connectivity index (χ2n) is 3.90. The zero-order chi connectivity index (χ0) is 15.1. The molecule has 0 saturated heterocycles. The molecule has 0 radical (unpaired) electrons. The van der Waals surface area contributed by atoms with E-state index < -0.39 is 4.92 Å². The second kappa shape index (κ2) is 7.81. The van der Waals surface area contributed by atoms with Gasteiger partial charge in [-0.25, -0.2) is 0 Å². The van der Waals surface area contributed by atoms with Crippen LogP contribution < -0.4 is 10.1 Å². The average Bonchev–Trinajstić information content (AvgIpc) is 2.44. The molecular formula is C12H15BrN2O5. The van der Waals surface area contributed by atoms with Crippen molar-refractivity contribution in [2.45, 2.75) is 4.83 Å². The number of benzene rings is 1. The van der Waals surface area contributed by atoms with Crippen molar-refractivity contribution < 1.29 is 19.2 Å². The number of nitro benzene ring substituents is 1. The lowest BCUT2D eigenvalue weighted by molar-refractivity contribution is -0.384. The normalized spacial score (nSPS) is 11.8. The van der Waals surface area contributed by atoms with Crippen LogP contribution in [0.25, 0.3) is 0 Å². The molecule has 1 aromatic carbocycles. The van der Waals surface area contributed by atoms with Gasteiger partial charge in [-0.05, 0) is 6.07 Å². The summed E-state index contributed by atoms with van der Waals surface area (Å²) in [4.78, 5) is 22.1. The third-order valence-corrected chi connectivity index (χ3v) is 3.06. The number of nitrogens with zero attached hydrogens (tertiary/aromatic N) is 1. The molecule has 110 valence electrons. The predicted molar refractivity (Wildman–Crippen MR) is 76.6 cm³/mol. The van der Waals surface area contributed by atoms with Crippen LogP contribution in [0.2, 0.25) is 0 Å². The number of methoxy groups -OCH3 is 2. The fraction of sp³-hybridized carbons (Fsp3) is 0.417. The Morgan fingerprint density at radius 3 is 2.75 bits per heavy atom. The van der Waals surface area contributed by atoms with Crippen LogP contribution in [0.4, 0.5) is 5.69 Å². The Hall–Kier alpha value is -1.67. The number of carbonyl (C=O) groups is 1. The van der Waals surface area contributed by atoms with Crippen LogP contribution in [-0.4, -0.2) is 43.0 Å². The second-order valence-corrected chi connectivity index (χ2v) is 5.20. The van der Waals surface area contributed by atoms with Gasteiger partial charge in [0, 0.05) is 19.7 Å². The Kier molecular flexibility index (Phi) is 6.40. The molecule has 7 nitrogen and oxygen atoms in total. The molecule has 0 aromatic heterocycles. The van der Waals surface area contributed by atoms with Crippen molar-refractivity contribution in [2.24, 2.45) is 0 Å². The summed E-state index contributed by atoms with van der Waals surface area (Å²) in [7, 11) is 2.92. The molecule has 0 spiro atoms. The van der Waals surface area contributed by atoms with Crippen molar-refractivity contribution in [3.8, 4) is 5.75 Å². The van der Waals surface area contributed by atoms with Crippen molar-refractivity contribution in [1.82, 2.24) is 5.32 Å². The Morgan fingerprint density at radius 2 is 2.20 bits per heavy atom. The van der Waals surface area contributed by atoms with Gasteiger partial charge in [-0.1, -0.05) is 15.9 Å². The molecule has 0 aliphatic heterocycles. The van der Waals surface area contributed by atoms with Crippen LogP contribution in [0.15, 0.2) is 18.2 Å². The largest absolute Gasteiger partial charge is 0.496 e.